The van der Waals surface area contributed by atoms with E-state index < -0.39 is 0 Å². The molecule has 1 aromatic carbocycles. The maximum Gasteiger partial charge on any atom is 0.0297 e. The minimum absolute atomic E-state index is 0.204. The normalized spacial score (nSPS) is 21.6. The lowest BCUT2D eigenvalue weighted by molar-refractivity contribution is 0.473. The molecular weight excluding hydrogens is 208 g/mol. The van der Waals surface area contributed by atoms with Gasteiger partial charge in [-0.2, -0.15) is 0 Å². The summed E-state index contributed by atoms with van der Waals surface area (Å²) in [6.07, 6.45) is 4.77. The van der Waals surface area contributed by atoms with Gasteiger partial charge in [-0.3, -0.25) is 0 Å². The van der Waals surface area contributed by atoms with Crippen LogP contribution in [0.15, 0.2) is 24.3 Å². The van der Waals surface area contributed by atoms with E-state index in [0.717, 1.165) is 25.4 Å². The number of nitrogens with one attached hydrogen (secondary N) is 1. The summed E-state index contributed by atoms with van der Waals surface area (Å²) in [5.74, 6) is 0.764. The van der Waals surface area contributed by atoms with Crippen LogP contribution in [0.4, 0.5) is 0 Å². The minimum Gasteiger partial charge on any atom is -0.324 e. The van der Waals surface area contributed by atoms with Gasteiger partial charge in [-0.25, -0.2) is 0 Å². The third kappa shape index (κ3) is 3.55. The van der Waals surface area contributed by atoms with Gasteiger partial charge in [0.15, 0.2) is 0 Å². The lowest BCUT2D eigenvalue weighted by Gasteiger charge is -2.16. The molecule has 17 heavy (non-hydrogen) atoms. The van der Waals surface area contributed by atoms with Crippen molar-refractivity contribution in [3.8, 4) is 0 Å². The predicted molar refractivity (Wildman–Crippen MR) is 73.0 cm³/mol. The maximum atomic E-state index is 6.27. The van der Waals surface area contributed by atoms with E-state index in [1.807, 2.05) is 0 Å². The Kier molecular flexibility index (Phi) is 4.57. The number of benzene rings is 1. The summed E-state index contributed by atoms with van der Waals surface area (Å²) >= 11 is 0. The molecule has 1 fully saturated rings. The molecule has 94 valence electrons. The van der Waals surface area contributed by atoms with Crippen LogP contribution in [0, 0.1) is 5.92 Å². The Morgan fingerprint density at radius 2 is 2.12 bits per heavy atom. The quantitative estimate of drug-likeness (QED) is 0.819. The Labute approximate surface area is 105 Å². The minimum atomic E-state index is 0.204. The van der Waals surface area contributed by atoms with Crippen molar-refractivity contribution in [1.82, 2.24) is 5.32 Å². The number of nitrogens with two attached hydrogens (primary N) is 1. The van der Waals surface area contributed by atoms with Gasteiger partial charge >= 0.3 is 0 Å². The molecule has 0 spiro atoms. The van der Waals surface area contributed by atoms with E-state index in [4.69, 9.17) is 5.73 Å². The average molecular weight is 232 g/mol. The van der Waals surface area contributed by atoms with Gasteiger partial charge in [0.1, 0.15) is 0 Å². The molecule has 0 aliphatic carbocycles. The van der Waals surface area contributed by atoms with Crippen molar-refractivity contribution in [3.63, 3.8) is 0 Å². The second kappa shape index (κ2) is 6.18. The van der Waals surface area contributed by atoms with Crippen molar-refractivity contribution in [2.24, 2.45) is 11.7 Å². The molecule has 2 rings (SSSR count). The van der Waals surface area contributed by atoms with Crippen LogP contribution in [-0.2, 0) is 6.42 Å². The zero-order valence-corrected chi connectivity index (χ0v) is 10.8. The monoisotopic (exact) mass is 232 g/mol. The summed E-state index contributed by atoms with van der Waals surface area (Å²) < 4.78 is 0. The maximum absolute atomic E-state index is 6.27. The van der Waals surface area contributed by atoms with Gasteiger partial charge in [-0.15, -0.1) is 0 Å². The van der Waals surface area contributed by atoms with Gasteiger partial charge in [-0.05, 0) is 49.4 Å². The summed E-state index contributed by atoms with van der Waals surface area (Å²) in [7, 11) is 0. The van der Waals surface area contributed by atoms with Crippen molar-refractivity contribution in [1.29, 1.82) is 0 Å². The van der Waals surface area contributed by atoms with Crippen molar-refractivity contribution in [2.75, 3.05) is 13.1 Å². The molecule has 0 bridgehead atoms. The molecule has 1 aromatic rings. The third-order valence-corrected chi connectivity index (χ3v) is 3.70. The van der Waals surface area contributed by atoms with E-state index in [1.54, 1.807) is 0 Å². The first-order valence-corrected chi connectivity index (χ1v) is 6.84. The number of hydrogen-bond donors (Lipinski definition) is 2. The summed E-state index contributed by atoms with van der Waals surface area (Å²) in [5, 5.41) is 3.40. The van der Waals surface area contributed by atoms with Crippen LogP contribution < -0.4 is 11.1 Å². The first-order chi connectivity index (χ1) is 8.29. The van der Waals surface area contributed by atoms with Crippen molar-refractivity contribution >= 4 is 0 Å². The molecular formula is C15H24N2. The zero-order chi connectivity index (χ0) is 12.1. The molecule has 0 saturated carbocycles. The van der Waals surface area contributed by atoms with E-state index in [-0.39, 0.29) is 6.04 Å². The smallest absolute Gasteiger partial charge is 0.0297 e. The average Bonchev–Trinajstić information content (AvgIpc) is 2.83. The topological polar surface area (TPSA) is 38.0 Å². The van der Waals surface area contributed by atoms with Gasteiger partial charge in [0.25, 0.3) is 0 Å². The predicted octanol–water partition coefficient (Wildman–Crippen LogP) is 2.64. The van der Waals surface area contributed by atoms with Crippen molar-refractivity contribution < 1.29 is 0 Å². The lowest BCUT2D eigenvalue weighted by Crippen LogP contribution is -2.17. The third-order valence-electron chi connectivity index (χ3n) is 3.70. The molecule has 1 aliphatic rings. The fourth-order valence-corrected chi connectivity index (χ4v) is 2.63. The standard InChI is InChI=1S/C15H24N2/c1-2-3-12-4-6-14(7-5-12)15(16)10-13-8-9-17-11-13/h4-7,13,15,17H,2-3,8-11,16H2,1H3. The molecule has 0 radical (unpaired) electrons. The molecule has 1 heterocycles. The van der Waals surface area contributed by atoms with Crippen LogP contribution in [0.25, 0.3) is 0 Å². The van der Waals surface area contributed by atoms with Crippen molar-refractivity contribution in [3.05, 3.63) is 35.4 Å². The second-order valence-electron chi connectivity index (χ2n) is 5.19. The van der Waals surface area contributed by atoms with Gasteiger partial charge in [-0.1, -0.05) is 37.6 Å². The first kappa shape index (κ1) is 12.6. The summed E-state index contributed by atoms with van der Waals surface area (Å²) in [4.78, 5) is 0. The van der Waals surface area contributed by atoms with Crippen LogP contribution >= 0.6 is 0 Å². The Morgan fingerprint density at radius 1 is 1.35 bits per heavy atom. The molecule has 2 nitrogen and oxygen atoms in total. The SMILES string of the molecule is CCCc1ccc(C(N)CC2CCNC2)cc1. The lowest BCUT2D eigenvalue weighted by atomic mass is 9.94. The highest BCUT2D eigenvalue weighted by molar-refractivity contribution is 5.25. The molecule has 0 amide bonds. The van der Waals surface area contributed by atoms with Crippen LogP contribution in [0.3, 0.4) is 0 Å². The zero-order valence-electron chi connectivity index (χ0n) is 10.8. The molecule has 3 N–H and O–H groups in total. The highest BCUT2D eigenvalue weighted by Gasteiger charge is 2.18. The van der Waals surface area contributed by atoms with E-state index >= 15 is 0 Å². The molecule has 2 heteroatoms. The Hall–Kier alpha value is -0.860. The first-order valence-electron chi connectivity index (χ1n) is 6.84. The second-order valence-corrected chi connectivity index (χ2v) is 5.19. The van der Waals surface area contributed by atoms with Crippen LogP contribution in [0.5, 0.6) is 0 Å². The van der Waals surface area contributed by atoms with E-state index in [2.05, 4.69) is 36.5 Å². The van der Waals surface area contributed by atoms with Crippen LogP contribution in [0.2, 0.25) is 0 Å². The van der Waals surface area contributed by atoms with Gasteiger partial charge in [0.2, 0.25) is 0 Å². The Balaban J connectivity index is 1.91. The summed E-state index contributed by atoms with van der Waals surface area (Å²) in [6.45, 7) is 4.52. The number of rotatable bonds is 5. The molecule has 2 atom stereocenters. The molecule has 1 aliphatic heterocycles. The van der Waals surface area contributed by atoms with Gasteiger partial charge < -0.3 is 11.1 Å². The Bertz CT molecular complexity index is 325. The van der Waals surface area contributed by atoms with Gasteiger partial charge in [0.05, 0.1) is 0 Å². The molecule has 1 saturated heterocycles. The van der Waals surface area contributed by atoms with E-state index in [9.17, 15) is 0 Å². The largest absolute Gasteiger partial charge is 0.324 e. The number of aryl methyl sites for hydroxylation is 1. The highest BCUT2D eigenvalue weighted by atomic mass is 14.9. The summed E-state index contributed by atoms with van der Waals surface area (Å²) in [6, 6.07) is 9.07. The fraction of sp³-hybridized carbons (Fsp3) is 0.600. The highest BCUT2D eigenvalue weighted by Crippen LogP contribution is 2.23. The molecule has 0 aromatic heterocycles. The molecule has 2 unspecified atom stereocenters. The van der Waals surface area contributed by atoms with Crippen LogP contribution in [0.1, 0.15) is 43.4 Å². The Morgan fingerprint density at radius 3 is 2.71 bits per heavy atom. The summed E-state index contributed by atoms with van der Waals surface area (Å²) in [5.41, 5.74) is 8.98. The van der Waals surface area contributed by atoms with E-state index in [0.29, 0.717) is 0 Å². The van der Waals surface area contributed by atoms with E-state index in [1.165, 1.54) is 30.4 Å². The van der Waals surface area contributed by atoms with Crippen LogP contribution in [-0.4, -0.2) is 13.1 Å². The fourth-order valence-electron chi connectivity index (χ4n) is 2.63. The van der Waals surface area contributed by atoms with Gasteiger partial charge in [0, 0.05) is 6.04 Å². The number of hydrogen-bond acceptors (Lipinski definition) is 2. The van der Waals surface area contributed by atoms with Crippen molar-refractivity contribution in [2.45, 2.75) is 38.6 Å².